The van der Waals surface area contributed by atoms with Crippen molar-refractivity contribution in [1.29, 1.82) is 0 Å². The van der Waals surface area contributed by atoms with Crippen LogP contribution in [0.5, 0.6) is 0 Å². The van der Waals surface area contributed by atoms with Gasteiger partial charge in [0.1, 0.15) is 9.71 Å². The summed E-state index contributed by atoms with van der Waals surface area (Å²) >= 11 is 1.88. The summed E-state index contributed by atoms with van der Waals surface area (Å²) in [4.78, 5) is 31.0. The van der Waals surface area contributed by atoms with Gasteiger partial charge in [-0.15, -0.1) is 22.7 Å². The Labute approximate surface area is 165 Å². The molecule has 0 spiro atoms. The summed E-state index contributed by atoms with van der Waals surface area (Å²) in [6.45, 7) is 1.19. The molecule has 1 fully saturated rings. The summed E-state index contributed by atoms with van der Waals surface area (Å²) in [6.07, 6.45) is -3.05. The first kappa shape index (κ1) is 18.9. The lowest BCUT2D eigenvalue weighted by molar-refractivity contribution is -0.141. The number of halogens is 3. The summed E-state index contributed by atoms with van der Waals surface area (Å²) in [5.74, 6) is -1.08. The van der Waals surface area contributed by atoms with Crippen LogP contribution in [0, 0.1) is 0 Å². The number of nitrogen functional groups attached to an aromatic ring is 1. The van der Waals surface area contributed by atoms with E-state index in [-0.39, 0.29) is 31.6 Å². The van der Waals surface area contributed by atoms with Crippen molar-refractivity contribution in [2.75, 3.05) is 18.8 Å². The summed E-state index contributed by atoms with van der Waals surface area (Å²) < 4.78 is 40.7. The Morgan fingerprint density at radius 1 is 1.21 bits per heavy atom. The van der Waals surface area contributed by atoms with E-state index in [1.807, 2.05) is 0 Å². The van der Waals surface area contributed by atoms with Gasteiger partial charge in [-0.3, -0.25) is 9.59 Å². The van der Waals surface area contributed by atoms with Crippen molar-refractivity contribution in [2.45, 2.75) is 19.0 Å². The van der Waals surface area contributed by atoms with Crippen LogP contribution < -0.4 is 5.73 Å². The molecular formula is C18H14F3N3O2S2. The second-order valence-electron chi connectivity index (χ2n) is 6.39. The molecule has 1 amide bonds. The smallest absolute Gasteiger partial charge is 0.397 e. The third kappa shape index (κ3) is 3.16. The molecule has 0 radical (unpaired) electrons. The predicted octanol–water partition coefficient (Wildman–Crippen LogP) is 4.43. The molecule has 2 N–H and O–H groups in total. The summed E-state index contributed by atoms with van der Waals surface area (Å²) in [6, 6.07) is 4.15. The van der Waals surface area contributed by atoms with Crippen molar-refractivity contribution in [3.8, 4) is 0 Å². The van der Waals surface area contributed by atoms with E-state index in [1.165, 1.54) is 6.07 Å². The van der Waals surface area contributed by atoms with Crippen LogP contribution in [0.4, 0.5) is 18.9 Å². The Hall–Kier alpha value is -2.46. The van der Waals surface area contributed by atoms with E-state index in [4.69, 9.17) is 5.73 Å². The molecule has 1 aliphatic heterocycles. The molecule has 3 aromatic rings. The average Bonchev–Trinajstić information content (AvgIpc) is 3.40. The first-order chi connectivity index (χ1) is 13.3. The number of nitrogens with two attached hydrogens (primary N) is 1. The van der Waals surface area contributed by atoms with Gasteiger partial charge in [-0.25, -0.2) is 4.98 Å². The minimum absolute atomic E-state index is 0.00454. The van der Waals surface area contributed by atoms with E-state index >= 15 is 0 Å². The summed E-state index contributed by atoms with van der Waals surface area (Å²) in [7, 11) is 0. The fourth-order valence-corrected chi connectivity index (χ4v) is 4.92. The second-order valence-corrected chi connectivity index (χ2v) is 8.33. The molecule has 1 saturated heterocycles. The number of carbonyl (C=O) groups is 2. The highest BCUT2D eigenvalue weighted by molar-refractivity contribution is 7.21. The lowest BCUT2D eigenvalue weighted by atomic mass is 10.1. The topological polar surface area (TPSA) is 76.3 Å². The second kappa shape index (κ2) is 6.85. The zero-order valence-electron chi connectivity index (χ0n) is 14.4. The van der Waals surface area contributed by atoms with Gasteiger partial charge in [0, 0.05) is 18.5 Å². The van der Waals surface area contributed by atoms with Gasteiger partial charge in [0.15, 0.2) is 5.69 Å². The standard InChI is InChI=1S/C18H14F3N3O2S2/c19-18(20,21)15-10(13(25)11-4-3-7-27-11)8-9-12(22)14(28-16(9)23-15)17(26)24-5-1-2-6-24/h3-4,7-8H,1-2,5-6,22H2. The van der Waals surface area contributed by atoms with E-state index in [0.29, 0.717) is 13.1 Å². The number of aromatic nitrogens is 1. The van der Waals surface area contributed by atoms with Crippen LogP contribution in [0.2, 0.25) is 0 Å². The van der Waals surface area contributed by atoms with Crippen molar-refractivity contribution < 1.29 is 22.8 Å². The fraction of sp³-hybridized carbons (Fsp3) is 0.278. The Morgan fingerprint density at radius 2 is 1.93 bits per heavy atom. The summed E-state index contributed by atoms with van der Waals surface area (Å²) in [5, 5.41) is 1.80. The van der Waals surface area contributed by atoms with Gasteiger partial charge in [-0.05, 0) is 30.4 Å². The van der Waals surface area contributed by atoms with Crippen molar-refractivity contribution in [1.82, 2.24) is 9.88 Å². The number of anilines is 1. The zero-order chi connectivity index (χ0) is 20.1. The minimum atomic E-state index is -4.81. The molecule has 146 valence electrons. The van der Waals surface area contributed by atoms with Gasteiger partial charge in [0.05, 0.1) is 16.1 Å². The molecule has 10 heteroatoms. The van der Waals surface area contributed by atoms with Gasteiger partial charge in [-0.1, -0.05) is 6.07 Å². The number of fused-ring (bicyclic) bond motifs is 1. The van der Waals surface area contributed by atoms with Crippen molar-refractivity contribution in [2.24, 2.45) is 0 Å². The number of carbonyl (C=O) groups excluding carboxylic acids is 2. The average molecular weight is 425 g/mol. The molecule has 4 heterocycles. The number of ketones is 1. The molecule has 0 unspecified atom stereocenters. The number of hydrogen-bond donors (Lipinski definition) is 1. The van der Waals surface area contributed by atoms with Gasteiger partial charge >= 0.3 is 6.18 Å². The maximum atomic E-state index is 13.6. The molecule has 28 heavy (non-hydrogen) atoms. The number of rotatable bonds is 3. The molecule has 3 aromatic heterocycles. The largest absolute Gasteiger partial charge is 0.434 e. The van der Waals surface area contributed by atoms with E-state index in [1.54, 1.807) is 16.3 Å². The van der Waals surface area contributed by atoms with Crippen molar-refractivity contribution in [3.63, 3.8) is 0 Å². The van der Waals surface area contributed by atoms with E-state index in [0.717, 1.165) is 41.6 Å². The summed E-state index contributed by atoms with van der Waals surface area (Å²) in [5.41, 5.74) is 4.33. The van der Waals surface area contributed by atoms with Crippen LogP contribution >= 0.6 is 22.7 Å². The number of hydrogen-bond acceptors (Lipinski definition) is 6. The zero-order valence-corrected chi connectivity index (χ0v) is 16.0. The first-order valence-electron chi connectivity index (χ1n) is 8.45. The van der Waals surface area contributed by atoms with E-state index in [2.05, 4.69) is 4.98 Å². The highest BCUT2D eigenvalue weighted by atomic mass is 32.1. The van der Waals surface area contributed by atoms with Crippen molar-refractivity contribution >= 4 is 50.3 Å². The Morgan fingerprint density at radius 3 is 2.54 bits per heavy atom. The molecule has 0 saturated carbocycles. The van der Waals surface area contributed by atoms with Crippen LogP contribution in [0.3, 0.4) is 0 Å². The highest BCUT2D eigenvalue weighted by Crippen LogP contribution is 2.39. The van der Waals surface area contributed by atoms with Crippen LogP contribution in [0.25, 0.3) is 10.2 Å². The molecule has 0 atom stereocenters. The van der Waals surface area contributed by atoms with Gasteiger partial charge in [0.2, 0.25) is 5.78 Å². The third-order valence-electron chi connectivity index (χ3n) is 4.57. The monoisotopic (exact) mass is 425 g/mol. The lowest BCUT2D eigenvalue weighted by Gasteiger charge is -2.14. The fourth-order valence-electron chi connectivity index (χ4n) is 3.19. The minimum Gasteiger partial charge on any atom is -0.397 e. The van der Waals surface area contributed by atoms with Gasteiger partial charge < -0.3 is 10.6 Å². The quantitative estimate of drug-likeness (QED) is 0.630. The molecule has 1 aliphatic rings. The normalized spacial score (nSPS) is 14.8. The van der Waals surface area contributed by atoms with Gasteiger partial charge in [-0.2, -0.15) is 13.2 Å². The number of thiophene rings is 2. The van der Waals surface area contributed by atoms with Crippen LogP contribution in [0.15, 0.2) is 23.6 Å². The lowest BCUT2D eigenvalue weighted by Crippen LogP contribution is -2.27. The highest BCUT2D eigenvalue weighted by Gasteiger charge is 2.39. The Balaban J connectivity index is 1.88. The van der Waals surface area contributed by atoms with Crippen LogP contribution in [0.1, 0.15) is 43.4 Å². The first-order valence-corrected chi connectivity index (χ1v) is 10.1. The number of likely N-dealkylation sites (tertiary alicyclic amines) is 1. The maximum absolute atomic E-state index is 13.6. The number of pyridine rings is 1. The predicted molar refractivity (Wildman–Crippen MR) is 102 cm³/mol. The molecule has 4 rings (SSSR count). The Bertz CT molecular complexity index is 1070. The number of amides is 1. The van der Waals surface area contributed by atoms with E-state index in [9.17, 15) is 22.8 Å². The molecule has 5 nitrogen and oxygen atoms in total. The number of nitrogens with zero attached hydrogens (tertiary/aromatic N) is 2. The molecule has 0 bridgehead atoms. The number of alkyl halides is 3. The molecular weight excluding hydrogens is 411 g/mol. The van der Waals surface area contributed by atoms with Gasteiger partial charge in [0.25, 0.3) is 5.91 Å². The third-order valence-corrected chi connectivity index (χ3v) is 6.54. The molecule has 0 aromatic carbocycles. The SMILES string of the molecule is Nc1c(C(=O)N2CCCC2)sc2nc(C(F)(F)F)c(C(=O)c3cccs3)cc12. The Kier molecular flexibility index (Phi) is 4.62. The van der Waals surface area contributed by atoms with E-state index < -0.39 is 23.2 Å². The van der Waals surface area contributed by atoms with Crippen LogP contribution in [-0.4, -0.2) is 34.7 Å². The van der Waals surface area contributed by atoms with Crippen molar-refractivity contribution in [3.05, 3.63) is 44.6 Å². The van der Waals surface area contributed by atoms with Crippen LogP contribution in [-0.2, 0) is 6.18 Å². The molecule has 0 aliphatic carbocycles. The maximum Gasteiger partial charge on any atom is 0.434 e.